The van der Waals surface area contributed by atoms with Crippen LogP contribution in [-0.4, -0.2) is 8.42 Å². The monoisotopic (exact) mass is 375 g/mol. The molecule has 0 aliphatic rings. The third-order valence-corrected chi connectivity index (χ3v) is 4.93. The van der Waals surface area contributed by atoms with Crippen molar-refractivity contribution in [3.63, 3.8) is 0 Å². The fraction of sp³-hybridized carbons (Fsp3) is 0.143. The molecule has 0 spiro atoms. The van der Waals surface area contributed by atoms with E-state index in [-0.39, 0.29) is 10.5 Å². The molecule has 3 nitrogen and oxygen atoms in total. The first-order valence-corrected chi connectivity index (χ1v) is 8.23. The van der Waals surface area contributed by atoms with Gasteiger partial charge in [0, 0.05) is 10.5 Å². The summed E-state index contributed by atoms with van der Waals surface area (Å²) in [4.78, 5) is -0.00254. The van der Waals surface area contributed by atoms with Gasteiger partial charge in [-0.25, -0.2) is 17.2 Å². The van der Waals surface area contributed by atoms with E-state index in [1.807, 2.05) is 0 Å². The predicted molar refractivity (Wildman–Crippen MR) is 80.8 cm³/mol. The van der Waals surface area contributed by atoms with Crippen molar-refractivity contribution in [3.05, 3.63) is 57.6 Å². The first-order chi connectivity index (χ1) is 9.70. The largest absolute Gasteiger partial charge is 0.277 e. The van der Waals surface area contributed by atoms with Crippen LogP contribution in [0.5, 0.6) is 0 Å². The van der Waals surface area contributed by atoms with Gasteiger partial charge in [-0.1, -0.05) is 22.0 Å². The quantitative estimate of drug-likeness (QED) is 0.875. The minimum absolute atomic E-state index is 0.00254. The van der Waals surface area contributed by atoms with E-state index < -0.39 is 27.3 Å². The standard InChI is InChI=1S/C14H12BrF2NO2S/c1-8-3-4-10(15)6-14(8)21(19,20)18-13-7-11(16)9(2)5-12(13)17/h3-7,18H,1-2H3. The summed E-state index contributed by atoms with van der Waals surface area (Å²) < 4.78 is 54.5. The number of sulfonamides is 1. The van der Waals surface area contributed by atoms with Gasteiger partial charge in [0.2, 0.25) is 0 Å². The Labute approximate surface area is 130 Å². The minimum atomic E-state index is -4.01. The van der Waals surface area contributed by atoms with E-state index in [0.717, 1.165) is 12.1 Å². The molecule has 0 amide bonds. The molecule has 0 unspecified atom stereocenters. The second kappa shape index (κ2) is 5.73. The lowest BCUT2D eigenvalue weighted by molar-refractivity contribution is 0.590. The highest BCUT2D eigenvalue weighted by Crippen LogP contribution is 2.25. The second-order valence-electron chi connectivity index (χ2n) is 4.60. The maximum absolute atomic E-state index is 13.8. The summed E-state index contributed by atoms with van der Waals surface area (Å²) in [7, 11) is -4.01. The molecule has 0 radical (unpaired) electrons. The summed E-state index contributed by atoms with van der Waals surface area (Å²) in [5.41, 5.74) is 0.185. The molecule has 0 aliphatic carbocycles. The van der Waals surface area contributed by atoms with E-state index in [4.69, 9.17) is 0 Å². The molecule has 0 aromatic heterocycles. The Kier molecular flexibility index (Phi) is 4.34. The normalized spacial score (nSPS) is 11.5. The van der Waals surface area contributed by atoms with Crippen LogP contribution in [0.2, 0.25) is 0 Å². The Bertz CT molecular complexity index is 807. The number of anilines is 1. The van der Waals surface area contributed by atoms with Crippen molar-refractivity contribution in [1.82, 2.24) is 0 Å². The van der Waals surface area contributed by atoms with Crippen LogP contribution >= 0.6 is 15.9 Å². The molecule has 0 saturated heterocycles. The number of hydrogen-bond donors (Lipinski definition) is 1. The van der Waals surface area contributed by atoms with Crippen LogP contribution in [0.1, 0.15) is 11.1 Å². The predicted octanol–water partition coefficient (Wildman–Crippen LogP) is 4.14. The molecule has 0 heterocycles. The number of rotatable bonds is 3. The molecule has 0 bridgehead atoms. The maximum atomic E-state index is 13.8. The van der Waals surface area contributed by atoms with Gasteiger partial charge < -0.3 is 0 Å². The third kappa shape index (κ3) is 3.41. The van der Waals surface area contributed by atoms with Crippen LogP contribution in [-0.2, 0) is 10.0 Å². The highest BCUT2D eigenvalue weighted by Gasteiger charge is 2.20. The van der Waals surface area contributed by atoms with Crippen molar-refractivity contribution >= 4 is 31.6 Å². The number of aryl methyl sites for hydroxylation is 2. The van der Waals surface area contributed by atoms with Gasteiger partial charge in [0.25, 0.3) is 10.0 Å². The zero-order valence-corrected chi connectivity index (χ0v) is 13.6. The fourth-order valence-corrected chi connectivity index (χ4v) is 3.63. The molecular formula is C14H12BrF2NO2S. The summed E-state index contributed by atoms with van der Waals surface area (Å²) in [5, 5.41) is 0. The summed E-state index contributed by atoms with van der Waals surface area (Å²) in [6.07, 6.45) is 0. The summed E-state index contributed by atoms with van der Waals surface area (Å²) in [5.74, 6) is -1.51. The van der Waals surface area contributed by atoms with Crippen molar-refractivity contribution in [1.29, 1.82) is 0 Å². The molecule has 0 atom stereocenters. The van der Waals surface area contributed by atoms with Gasteiger partial charge in [0.05, 0.1) is 10.6 Å². The first-order valence-electron chi connectivity index (χ1n) is 5.95. The topological polar surface area (TPSA) is 46.2 Å². The molecule has 112 valence electrons. The Balaban J connectivity index is 2.47. The molecular weight excluding hydrogens is 364 g/mol. The number of hydrogen-bond acceptors (Lipinski definition) is 2. The molecule has 0 aliphatic heterocycles. The highest BCUT2D eigenvalue weighted by atomic mass is 79.9. The van der Waals surface area contributed by atoms with Crippen LogP contribution in [0.3, 0.4) is 0 Å². The van der Waals surface area contributed by atoms with Gasteiger partial charge >= 0.3 is 0 Å². The average Bonchev–Trinajstić information content (AvgIpc) is 2.38. The summed E-state index contributed by atoms with van der Waals surface area (Å²) >= 11 is 3.18. The van der Waals surface area contributed by atoms with E-state index in [1.54, 1.807) is 19.1 Å². The Morgan fingerprint density at radius 2 is 1.67 bits per heavy atom. The van der Waals surface area contributed by atoms with E-state index in [2.05, 4.69) is 20.7 Å². The third-order valence-electron chi connectivity index (χ3n) is 2.93. The molecule has 1 N–H and O–H groups in total. The SMILES string of the molecule is Cc1cc(F)c(NS(=O)(=O)c2cc(Br)ccc2C)cc1F. The lowest BCUT2D eigenvalue weighted by Gasteiger charge is -2.12. The van der Waals surface area contributed by atoms with Gasteiger partial charge in [0.15, 0.2) is 0 Å². The van der Waals surface area contributed by atoms with Crippen LogP contribution in [0.25, 0.3) is 0 Å². The van der Waals surface area contributed by atoms with Crippen LogP contribution in [0, 0.1) is 25.5 Å². The van der Waals surface area contributed by atoms with E-state index >= 15 is 0 Å². The molecule has 2 aromatic carbocycles. The Morgan fingerprint density at radius 3 is 2.33 bits per heavy atom. The van der Waals surface area contributed by atoms with Gasteiger partial charge in [0.1, 0.15) is 11.6 Å². The summed E-state index contributed by atoms with van der Waals surface area (Å²) in [6.45, 7) is 3.02. The molecule has 2 aromatic rings. The van der Waals surface area contributed by atoms with Gasteiger partial charge in [-0.15, -0.1) is 0 Å². The molecule has 0 saturated carbocycles. The van der Waals surface area contributed by atoms with Crippen molar-refractivity contribution in [2.45, 2.75) is 18.7 Å². The minimum Gasteiger partial charge on any atom is -0.277 e. The number of benzene rings is 2. The second-order valence-corrected chi connectivity index (χ2v) is 7.16. The lowest BCUT2D eigenvalue weighted by atomic mass is 10.2. The van der Waals surface area contributed by atoms with Gasteiger partial charge in [-0.05, 0) is 43.2 Å². The summed E-state index contributed by atoms with van der Waals surface area (Å²) in [6, 6.07) is 6.49. The van der Waals surface area contributed by atoms with E-state index in [1.165, 1.54) is 13.0 Å². The average molecular weight is 376 g/mol. The first kappa shape index (κ1) is 15.9. The van der Waals surface area contributed by atoms with Gasteiger partial charge in [-0.3, -0.25) is 4.72 Å². The van der Waals surface area contributed by atoms with Crippen LogP contribution < -0.4 is 4.72 Å². The number of nitrogens with one attached hydrogen (secondary N) is 1. The van der Waals surface area contributed by atoms with Crippen molar-refractivity contribution in [2.24, 2.45) is 0 Å². The van der Waals surface area contributed by atoms with Crippen molar-refractivity contribution < 1.29 is 17.2 Å². The van der Waals surface area contributed by atoms with Crippen LogP contribution in [0.4, 0.5) is 14.5 Å². The van der Waals surface area contributed by atoms with E-state index in [0.29, 0.717) is 10.0 Å². The Morgan fingerprint density at radius 1 is 1.00 bits per heavy atom. The molecule has 21 heavy (non-hydrogen) atoms. The molecule has 7 heteroatoms. The number of halogens is 3. The fourth-order valence-electron chi connectivity index (χ4n) is 1.79. The lowest BCUT2D eigenvalue weighted by Crippen LogP contribution is -2.15. The van der Waals surface area contributed by atoms with Crippen molar-refractivity contribution in [3.8, 4) is 0 Å². The zero-order valence-electron chi connectivity index (χ0n) is 11.2. The smallest absolute Gasteiger partial charge is 0.262 e. The molecule has 0 fully saturated rings. The van der Waals surface area contributed by atoms with Crippen LogP contribution in [0.15, 0.2) is 39.7 Å². The van der Waals surface area contributed by atoms with Gasteiger partial charge in [-0.2, -0.15) is 0 Å². The van der Waals surface area contributed by atoms with Crippen molar-refractivity contribution in [2.75, 3.05) is 4.72 Å². The zero-order chi connectivity index (χ0) is 15.8. The highest BCUT2D eigenvalue weighted by molar-refractivity contribution is 9.10. The maximum Gasteiger partial charge on any atom is 0.262 e. The Hall–Kier alpha value is -1.47. The molecule has 2 rings (SSSR count). The van der Waals surface area contributed by atoms with E-state index in [9.17, 15) is 17.2 Å².